The molecule has 1 amide bonds. The second-order valence-electron chi connectivity index (χ2n) is 3.91. The van der Waals surface area contributed by atoms with Crippen molar-refractivity contribution in [2.75, 3.05) is 0 Å². The van der Waals surface area contributed by atoms with Gasteiger partial charge < -0.3 is 10.1 Å². The van der Waals surface area contributed by atoms with Crippen molar-refractivity contribution in [1.29, 1.82) is 0 Å². The van der Waals surface area contributed by atoms with E-state index >= 15 is 0 Å². The molecule has 1 unspecified atom stereocenters. The van der Waals surface area contributed by atoms with Crippen LogP contribution < -0.4 is 5.32 Å². The van der Waals surface area contributed by atoms with Crippen molar-refractivity contribution in [3.8, 4) is 0 Å². The lowest BCUT2D eigenvalue weighted by Gasteiger charge is -2.22. The molecule has 0 aliphatic rings. The summed E-state index contributed by atoms with van der Waals surface area (Å²) in [7, 11) is 0. The maximum Gasteiger partial charge on any atom is 0.407 e. The largest absolute Gasteiger partial charge is 0.444 e. The van der Waals surface area contributed by atoms with E-state index in [4.69, 9.17) is 16.3 Å². The van der Waals surface area contributed by atoms with Crippen molar-refractivity contribution in [2.45, 2.75) is 44.8 Å². The molecule has 0 heterocycles. The van der Waals surface area contributed by atoms with E-state index in [0.717, 1.165) is 0 Å². The molecule has 0 aliphatic heterocycles. The van der Waals surface area contributed by atoms with E-state index in [1.165, 1.54) is 0 Å². The highest BCUT2D eigenvalue weighted by Gasteiger charge is 2.21. The molecular weight excluding hydrogens is 208 g/mol. The van der Waals surface area contributed by atoms with Gasteiger partial charge in [-0.25, -0.2) is 4.79 Å². The van der Waals surface area contributed by atoms with Crippen LogP contribution in [0.3, 0.4) is 0 Å². The summed E-state index contributed by atoms with van der Waals surface area (Å²) in [6, 6.07) is -0.552. The van der Waals surface area contributed by atoms with Gasteiger partial charge in [0.25, 0.3) is 0 Å². The summed E-state index contributed by atoms with van der Waals surface area (Å²) in [6.45, 7) is 6.80. The first-order chi connectivity index (χ1) is 6.26. The summed E-state index contributed by atoms with van der Waals surface area (Å²) in [5.74, 6) is 0. The van der Waals surface area contributed by atoms with Gasteiger partial charge in [0.05, 0.1) is 6.04 Å². The standard InChI is InChI=1S/C8H15ClN2O3/c1-5(6(9)11-13)10-7(12)14-8(2,3)4/h5-6H,1-4H3,(H,10,12)/t5-,6?/m1/s1. The number of carbonyl (C=O) groups is 1. The Morgan fingerprint density at radius 2 is 2.00 bits per heavy atom. The number of alkyl halides is 1. The van der Waals surface area contributed by atoms with Crippen LogP contribution in [0.25, 0.3) is 0 Å². The number of ether oxygens (including phenoxy) is 1. The molecule has 0 aromatic carbocycles. The second-order valence-corrected chi connectivity index (χ2v) is 4.36. The molecule has 0 rings (SSSR count). The number of nitroso groups, excluding NO2 is 1. The Labute approximate surface area is 88.1 Å². The van der Waals surface area contributed by atoms with E-state index in [0.29, 0.717) is 0 Å². The molecule has 0 spiro atoms. The van der Waals surface area contributed by atoms with Crippen LogP contribution in [-0.2, 0) is 4.74 Å². The molecular formula is C8H15ClN2O3. The first kappa shape index (κ1) is 13.2. The molecule has 0 aromatic rings. The molecule has 82 valence electrons. The third-order valence-corrected chi connectivity index (χ3v) is 1.72. The lowest BCUT2D eigenvalue weighted by Crippen LogP contribution is -2.41. The monoisotopic (exact) mass is 222 g/mol. The fourth-order valence-corrected chi connectivity index (χ4v) is 0.716. The van der Waals surface area contributed by atoms with Gasteiger partial charge in [-0.2, -0.15) is 0 Å². The number of carbonyl (C=O) groups excluding carboxylic acids is 1. The van der Waals surface area contributed by atoms with Crippen LogP contribution in [0.1, 0.15) is 27.7 Å². The van der Waals surface area contributed by atoms with Gasteiger partial charge in [0.1, 0.15) is 5.60 Å². The summed E-state index contributed by atoms with van der Waals surface area (Å²) < 4.78 is 4.95. The SMILES string of the molecule is C[C@@H](NC(=O)OC(C)(C)C)C(Cl)N=O. The van der Waals surface area contributed by atoms with Gasteiger partial charge in [0, 0.05) is 0 Å². The quantitative estimate of drug-likeness (QED) is 0.452. The molecule has 6 heteroatoms. The normalized spacial score (nSPS) is 15.5. The zero-order valence-corrected chi connectivity index (χ0v) is 9.46. The van der Waals surface area contributed by atoms with E-state index in [-0.39, 0.29) is 0 Å². The molecule has 14 heavy (non-hydrogen) atoms. The van der Waals surface area contributed by atoms with Gasteiger partial charge in [-0.1, -0.05) is 11.6 Å². The average molecular weight is 223 g/mol. The van der Waals surface area contributed by atoms with Gasteiger partial charge in [-0.3, -0.25) is 0 Å². The number of nitrogens with one attached hydrogen (secondary N) is 1. The topological polar surface area (TPSA) is 67.8 Å². The number of nitrogens with zero attached hydrogens (tertiary/aromatic N) is 1. The van der Waals surface area contributed by atoms with Crippen molar-refractivity contribution in [3.63, 3.8) is 0 Å². The lowest BCUT2D eigenvalue weighted by atomic mass is 10.2. The van der Waals surface area contributed by atoms with Crippen LogP contribution in [0.4, 0.5) is 4.79 Å². The van der Waals surface area contributed by atoms with E-state index in [9.17, 15) is 9.70 Å². The van der Waals surface area contributed by atoms with Gasteiger partial charge >= 0.3 is 6.09 Å². The van der Waals surface area contributed by atoms with Crippen LogP contribution in [0.2, 0.25) is 0 Å². The van der Waals surface area contributed by atoms with Crippen molar-refractivity contribution < 1.29 is 9.53 Å². The van der Waals surface area contributed by atoms with E-state index in [1.807, 2.05) is 0 Å². The summed E-state index contributed by atoms with van der Waals surface area (Å²) in [5.41, 5.74) is -1.55. The maximum atomic E-state index is 11.2. The fourth-order valence-electron chi connectivity index (χ4n) is 0.654. The Kier molecular flexibility index (Phi) is 4.83. The number of amides is 1. The summed E-state index contributed by atoms with van der Waals surface area (Å²) in [5, 5.41) is 4.98. The van der Waals surface area contributed by atoms with E-state index in [2.05, 4.69) is 10.5 Å². The minimum Gasteiger partial charge on any atom is -0.444 e. The Balaban J connectivity index is 4.01. The average Bonchev–Trinajstić information content (AvgIpc) is 1.99. The van der Waals surface area contributed by atoms with Gasteiger partial charge in [-0.15, -0.1) is 4.91 Å². The van der Waals surface area contributed by atoms with Crippen molar-refractivity contribution in [1.82, 2.24) is 5.32 Å². The lowest BCUT2D eigenvalue weighted by molar-refractivity contribution is 0.0507. The Bertz CT molecular complexity index is 215. The molecule has 0 aromatic heterocycles. The van der Waals surface area contributed by atoms with Crippen LogP contribution in [0.15, 0.2) is 5.18 Å². The number of alkyl carbamates (subject to hydrolysis) is 1. The van der Waals surface area contributed by atoms with Crippen LogP contribution >= 0.6 is 11.6 Å². The third-order valence-electron chi connectivity index (χ3n) is 1.26. The number of hydrogen-bond donors (Lipinski definition) is 1. The molecule has 0 saturated carbocycles. The Hall–Kier alpha value is -0.840. The van der Waals surface area contributed by atoms with Gasteiger partial charge in [0.15, 0.2) is 5.50 Å². The molecule has 1 N–H and O–H groups in total. The molecule has 0 bridgehead atoms. The van der Waals surface area contributed by atoms with Crippen LogP contribution in [-0.4, -0.2) is 23.2 Å². The fraction of sp³-hybridized carbons (Fsp3) is 0.875. The highest BCUT2D eigenvalue weighted by molar-refractivity contribution is 6.21. The summed E-state index contributed by atoms with van der Waals surface area (Å²) in [4.78, 5) is 21.2. The maximum absolute atomic E-state index is 11.2. The molecule has 5 nitrogen and oxygen atoms in total. The summed E-state index contributed by atoms with van der Waals surface area (Å²) >= 11 is 5.48. The number of halogens is 1. The third kappa shape index (κ3) is 5.75. The smallest absolute Gasteiger partial charge is 0.407 e. The molecule has 0 aliphatic carbocycles. The Morgan fingerprint density at radius 3 is 2.36 bits per heavy atom. The zero-order chi connectivity index (χ0) is 11.4. The molecule has 0 saturated heterocycles. The van der Waals surface area contributed by atoms with E-state index in [1.54, 1.807) is 27.7 Å². The predicted octanol–water partition coefficient (Wildman–Crippen LogP) is 2.23. The van der Waals surface area contributed by atoms with Gasteiger partial charge in [0.2, 0.25) is 0 Å². The molecule has 0 fully saturated rings. The zero-order valence-electron chi connectivity index (χ0n) is 8.70. The van der Waals surface area contributed by atoms with Crippen LogP contribution in [0, 0.1) is 4.91 Å². The highest BCUT2D eigenvalue weighted by atomic mass is 35.5. The second kappa shape index (κ2) is 5.14. The first-order valence-electron chi connectivity index (χ1n) is 4.22. The predicted molar refractivity (Wildman–Crippen MR) is 54.3 cm³/mol. The van der Waals surface area contributed by atoms with E-state index < -0.39 is 23.2 Å². The highest BCUT2D eigenvalue weighted by Crippen LogP contribution is 2.08. The van der Waals surface area contributed by atoms with Crippen LogP contribution in [0.5, 0.6) is 0 Å². The van der Waals surface area contributed by atoms with Crippen molar-refractivity contribution in [2.24, 2.45) is 5.18 Å². The van der Waals surface area contributed by atoms with Gasteiger partial charge in [-0.05, 0) is 32.9 Å². The van der Waals surface area contributed by atoms with Crippen molar-refractivity contribution in [3.05, 3.63) is 4.91 Å². The number of hydrogen-bond acceptors (Lipinski definition) is 4. The minimum absolute atomic E-state index is 0.552. The molecule has 2 atom stereocenters. The number of rotatable bonds is 3. The molecule has 0 radical (unpaired) electrons. The summed E-state index contributed by atoms with van der Waals surface area (Å²) in [6.07, 6.45) is -0.612. The minimum atomic E-state index is -0.984. The first-order valence-corrected chi connectivity index (χ1v) is 4.66. The van der Waals surface area contributed by atoms with Crippen molar-refractivity contribution >= 4 is 17.7 Å². The Morgan fingerprint density at radius 1 is 1.50 bits per heavy atom.